The maximum atomic E-state index is 12.2. The summed E-state index contributed by atoms with van der Waals surface area (Å²) in [6.07, 6.45) is 1.39. The molecule has 0 spiro atoms. The molecule has 0 radical (unpaired) electrons. The third-order valence-electron chi connectivity index (χ3n) is 4.16. The summed E-state index contributed by atoms with van der Waals surface area (Å²) >= 11 is 0. The number of nitro groups is 2. The van der Waals surface area contributed by atoms with Crippen molar-refractivity contribution >= 4 is 28.9 Å². The fraction of sp³-hybridized carbons (Fsp3) is 0.263. The van der Waals surface area contributed by atoms with E-state index in [1.54, 1.807) is 0 Å². The number of hydrogen-bond donors (Lipinski definition) is 1. The number of anilines is 1. The second-order valence-corrected chi connectivity index (χ2v) is 6.03. The van der Waals surface area contributed by atoms with Crippen LogP contribution in [0.3, 0.4) is 0 Å². The number of nitro benzene ring substituents is 2. The van der Waals surface area contributed by atoms with E-state index in [1.165, 1.54) is 0 Å². The predicted octanol–water partition coefficient (Wildman–Crippen LogP) is 3.42. The van der Waals surface area contributed by atoms with E-state index in [4.69, 9.17) is 4.74 Å². The first kappa shape index (κ1) is 21.5. The van der Waals surface area contributed by atoms with E-state index in [0.29, 0.717) is 18.5 Å². The highest BCUT2D eigenvalue weighted by atomic mass is 16.6. The van der Waals surface area contributed by atoms with E-state index in [2.05, 4.69) is 5.32 Å². The van der Waals surface area contributed by atoms with Crippen molar-refractivity contribution in [3.63, 3.8) is 0 Å². The molecule has 2 rings (SSSR count). The van der Waals surface area contributed by atoms with Gasteiger partial charge in [-0.25, -0.2) is 4.79 Å². The first-order valence-corrected chi connectivity index (χ1v) is 8.78. The van der Waals surface area contributed by atoms with Crippen LogP contribution in [0.15, 0.2) is 36.4 Å². The molecule has 0 fully saturated rings. The van der Waals surface area contributed by atoms with Gasteiger partial charge in [0.2, 0.25) is 0 Å². The number of hydrogen-bond acceptors (Lipinski definition) is 7. The van der Waals surface area contributed by atoms with Gasteiger partial charge < -0.3 is 10.1 Å². The van der Waals surface area contributed by atoms with Gasteiger partial charge in [-0.15, -0.1) is 0 Å². The van der Waals surface area contributed by atoms with Crippen LogP contribution in [0.1, 0.15) is 35.3 Å². The molecule has 0 aliphatic carbocycles. The van der Waals surface area contributed by atoms with E-state index in [0.717, 1.165) is 29.3 Å². The zero-order valence-electron chi connectivity index (χ0n) is 15.8. The smallest absolute Gasteiger partial charge is 0.339 e. The molecule has 10 nitrogen and oxygen atoms in total. The van der Waals surface area contributed by atoms with Crippen LogP contribution >= 0.6 is 0 Å². The Morgan fingerprint density at radius 3 is 1.93 bits per heavy atom. The second-order valence-electron chi connectivity index (χ2n) is 6.03. The van der Waals surface area contributed by atoms with Gasteiger partial charge in [-0.2, -0.15) is 0 Å². The third kappa shape index (κ3) is 5.34. The summed E-state index contributed by atoms with van der Waals surface area (Å²) in [5.41, 5.74) is 0.878. The lowest BCUT2D eigenvalue weighted by atomic mass is 10.0. The highest BCUT2D eigenvalue weighted by Crippen LogP contribution is 2.24. The number of rotatable bonds is 8. The number of ether oxygens (including phenoxy) is 1. The number of nitrogens with one attached hydrogen (secondary N) is 1. The van der Waals surface area contributed by atoms with Crippen molar-refractivity contribution in [1.82, 2.24) is 0 Å². The Morgan fingerprint density at radius 1 is 0.966 bits per heavy atom. The van der Waals surface area contributed by atoms with Crippen LogP contribution in [-0.4, -0.2) is 28.3 Å². The number of esters is 1. The van der Waals surface area contributed by atoms with Crippen molar-refractivity contribution in [3.8, 4) is 0 Å². The molecule has 0 atom stereocenters. The standard InChI is InChI=1S/C19H19N3O7/c1-3-12-6-5-7-13(4-2)18(12)20-17(23)11-29-19(24)14-8-15(21(25)26)10-16(9-14)22(27)28/h5-10H,3-4,11H2,1-2H3,(H,20,23). The molecular formula is C19H19N3O7. The van der Waals surface area contributed by atoms with Gasteiger partial charge in [-0.3, -0.25) is 25.0 Å². The lowest BCUT2D eigenvalue weighted by Gasteiger charge is -2.14. The van der Waals surface area contributed by atoms with Crippen molar-refractivity contribution in [1.29, 1.82) is 0 Å². The number of carbonyl (C=O) groups is 2. The quantitative estimate of drug-likeness (QED) is 0.406. The van der Waals surface area contributed by atoms with Crippen LogP contribution in [-0.2, 0) is 22.4 Å². The highest BCUT2D eigenvalue weighted by molar-refractivity contribution is 5.97. The van der Waals surface area contributed by atoms with E-state index in [-0.39, 0.29) is 5.56 Å². The van der Waals surface area contributed by atoms with Crippen molar-refractivity contribution in [2.75, 3.05) is 11.9 Å². The molecule has 0 unspecified atom stereocenters. The van der Waals surface area contributed by atoms with E-state index < -0.39 is 39.7 Å². The predicted molar refractivity (Wildman–Crippen MR) is 104 cm³/mol. The number of carbonyl (C=O) groups excluding carboxylic acids is 2. The molecular weight excluding hydrogens is 382 g/mol. The fourth-order valence-corrected chi connectivity index (χ4v) is 2.72. The van der Waals surface area contributed by atoms with Crippen LogP contribution in [0.25, 0.3) is 0 Å². The summed E-state index contributed by atoms with van der Waals surface area (Å²) in [5, 5.41) is 24.5. The number of para-hydroxylation sites is 1. The Hall–Kier alpha value is -3.82. The number of aryl methyl sites for hydroxylation is 2. The zero-order chi connectivity index (χ0) is 21.6. The Kier molecular flexibility index (Phi) is 6.96. The van der Waals surface area contributed by atoms with Gasteiger partial charge in [0, 0.05) is 17.8 Å². The minimum absolute atomic E-state index is 0.387. The van der Waals surface area contributed by atoms with Gasteiger partial charge in [-0.1, -0.05) is 32.0 Å². The SMILES string of the molecule is CCc1cccc(CC)c1NC(=O)COC(=O)c1cc([N+](=O)[O-])cc([N+](=O)[O-])c1. The second kappa shape index (κ2) is 9.40. The lowest BCUT2D eigenvalue weighted by Crippen LogP contribution is -2.22. The van der Waals surface area contributed by atoms with Gasteiger partial charge in [0.1, 0.15) is 0 Å². The minimum atomic E-state index is -1.08. The van der Waals surface area contributed by atoms with Gasteiger partial charge in [-0.05, 0) is 24.0 Å². The van der Waals surface area contributed by atoms with E-state index in [9.17, 15) is 29.8 Å². The van der Waals surface area contributed by atoms with E-state index in [1.807, 2.05) is 32.0 Å². The Morgan fingerprint density at radius 2 is 1.48 bits per heavy atom. The average molecular weight is 401 g/mol. The molecule has 0 bridgehead atoms. The van der Waals surface area contributed by atoms with Crippen LogP contribution < -0.4 is 5.32 Å². The van der Waals surface area contributed by atoms with Crippen molar-refractivity contribution < 1.29 is 24.2 Å². The molecule has 1 amide bonds. The monoisotopic (exact) mass is 401 g/mol. The van der Waals surface area contributed by atoms with Gasteiger partial charge in [0.05, 0.1) is 21.5 Å². The summed E-state index contributed by atoms with van der Waals surface area (Å²) in [6, 6.07) is 8.09. The zero-order valence-corrected chi connectivity index (χ0v) is 15.8. The number of amides is 1. The van der Waals surface area contributed by atoms with Crippen molar-refractivity contribution in [2.45, 2.75) is 26.7 Å². The van der Waals surface area contributed by atoms with Gasteiger partial charge >= 0.3 is 5.97 Å². The fourth-order valence-electron chi connectivity index (χ4n) is 2.72. The number of nitrogens with zero attached hydrogens (tertiary/aromatic N) is 2. The molecule has 29 heavy (non-hydrogen) atoms. The van der Waals surface area contributed by atoms with Crippen LogP contribution in [0.2, 0.25) is 0 Å². The Labute approximate surface area is 165 Å². The van der Waals surface area contributed by atoms with Crippen LogP contribution in [0.5, 0.6) is 0 Å². The molecule has 0 heterocycles. The molecule has 152 valence electrons. The largest absolute Gasteiger partial charge is 0.452 e. The molecule has 0 aliphatic rings. The number of non-ortho nitro benzene ring substituents is 2. The summed E-state index contributed by atoms with van der Waals surface area (Å²) < 4.78 is 4.88. The molecule has 2 aromatic carbocycles. The molecule has 0 aromatic heterocycles. The highest BCUT2D eigenvalue weighted by Gasteiger charge is 2.21. The molecule has 0 saturated heterocycles. The summed E-state index contributed by atoms with van der Waals surface area (Å²) in [5.74, 6) is -1.67. The van der Waals surface area contributed by atoms with Gasteiger partial charge in [0.25, 0.3) is 17.3 Å². The molecule has 10 heteroatoms. The number of benzene rings is 2. The topological polar surface area (TPSA) is 142 Å². The Bertz CT molecular complexity index is 918. The summed E-state index contributed by atoms with van der Waals surface area (Å²) in [7, 11) is 0. The maximum absolute atomic E-state index is 12.2. The van der Waals surface area contributed by atoms with Crippen LogP contribution in [0.4, 0.5) is 17.1 Å². The first-order chi connectivity index (χ1) is 13.8. The average Bonchev–Trinajstić information content (AvgIpc) is 2.71. The van der Waals surface area contributed by atoms with E-state index >= 15 is 0 Å². The molecule has 1 N–H and O–H groups in total. The van der Waals surface area contributed by atoms with Crippen molar-refractivity contribution in [3.05, 3.63) is 73.3 Å². The Balaban J connectivity index is 2.13. The summed E-state index contributed by atoms with van der Waals surface area (Å²) in [6.45, 7) is 3.25. The van der Waals surface area contributed by atoms with Crippen LogP contribution in [0, 0.1) is 20.2 Å². The van der Waals surface area contributed by atoms with Crippen molar-refractivity contribution in [2.24, 2.45) is 0 Å². The lowest BCUT2D eigenvalue weighted by molar-refractivity contribution is -0.394. The maximum Gasteiger partial charge on any atom is 0.339 e. The third-order valence-corrected chi connectivity index (χ3v) is 4.16. The summed E-state index contributed by atoms with van der Waals surface area (Å²) in [4.78, 5) is 44.5. The molecule has 0 saturated carbocycles. The normalized spacial score (nSPS) is 10.3. The van der Waals surface area contributed by atoms with Gasteiger partial charge in [0.15, 0.2) is 6.61 Å². The molecule has 0 aliphatic heterocycles. The molecule has 2 aromatic rings. The minimum Gasteiger partial charge on any atom is -0.452 e. The first-order valence-electron chi connectivity index (χ1n) is 8.78.